The van der Waals surface area contributed by atoms with Gasteiger partial charge in [0, 0.05) is 68.7 Å². The fraction of sp³-hybridized carbons (Fsp3) is 0.230. The molecule has 462 valence electrons. The van der Waals surface area contributed by atoms with Crippen LogP contribution in [0.2, 0.25) is 25.1 Å². The summed E-state index contributed by atoms with van der Waals surface area (Å²) < 4.78 is 83.9. The molecule has 12 rings (SSSR count). The smallest absolute Gasteiger partial charge is 0.207 e. The van der Waals surface area contributed by atoms with Gasteiger partial charge in [0.1, 0.15) is 0 Å². The minimum Gasteiger partial charge on any atom is -0.345 e. The van der Waals surface area contributed by atoms with Gasteiger partial charge in [0.05, 0.1) is 78.7 Å². The van der Waals surface area contributed by atoms with Gasteiger partial charge >= 0.3 is 0 Å². The third-order valence-corrected chi connectivity index (χ3v) is 26.0. The summed E-state index contributed by atoms with van der Waals surface area (Å²) in [6.45, 7) is 11.5. The van der Waals surface area contributed by atoms with E-state index >= 15 is 0 Å². The summed E-state index contributed by atoms with van der Waals surface area (Å²) in [5, 5.41) is 3.04. The Balaban J connectivity index is 0.000000156. The molecule has 0 radical (unpaired) electrons. The van der Waals surface area contributed by atoms with Crippen LogP contribution in [0.5, 0.6) is 0 Å². The third-order valence-electron chi connectivity index (χ3n) is 11.9. The first-order valence-electron chi connectivity index (χ1n) is 25.7. The number of halogens is 6. The lowest BCUT2D eigenvalue weighted by Crippen LogP contribution is -2.02. The van der Waals surface area contributed by atoms with Crippen LogP contribution in [0.25, 0.3) is 0 Å². The van der Waals surface area contributed by atoms with Gasteiger partial charge in [-0.25, -0.2) is 16.8 Å². The van der Waals surface area contributed by atoms with Gasteiger partial charge in [0.25, 0.3) is 0 Å². The predicted molar refractivity (Wildman–Crippen MR) is 364 cm³/mol. The Labute approximate surface area is 569 Å². The van der Waals surface area contributed by atoms with Gasteiger partial charge in [-0.15, -0.1) is 45.3 Å². The molecule has 0 spiro atoms. The van der Waals surface area contributed by atoms with Gasteiger partial charge in [-0.3, -0.25) is 4.79 Å². The molecule has 11 nitrogen and oxygen atoms in total. The molecule has 3 aliphatic rings. The quantitative estimate of drug-likeness (QED) is 0.0798. The number of carbonyl (C=O) groups excluding carboxylic acids is 1. The standard InChI is InChI=1S/C14H13ClO4S2.C14H13ClO2S2.C12H8Cl2S2.C12H9ClO3S2.C8H9BrO2S.CH4/c1-9-13(8-12(20-9)14-18-5-6-19-14)21(16,17)11-4-2-3-10(15)7-11;1-9-12(19-11-4-2-3-10(15)7-11)8-13(18-9)14-16-5-6-17-14;13-9-3-1-5-11(7-9)15-16-12-6-2-4-10(14)8-12;1-8-12(6-10(7-14)17-8)18(15,16)11-4-2-3-9(13)5-11;1-5-6(9)4-7(12-5)8-10-2-3-11-8;/h2-4,7-8,14H,5-6H2,1H3;2-4,7-8,14H,5-6H2,1H3;1-8H;2-7H,1H3;4,8H,2-3H2,1H3;1H4. The van der Waals surface area contributed by atoms with Gasteiger partial charge in [0.15, 0.2) is 25.2 Å². The molecule has 87 heavy (non-hydrogen) atoms. The van der Waals surface area contributed by atoms with Gasteiger partial charge in [-0.2, -0.15) is 0 Å². The Bertz CT molecular complexity index is 3900. The first kappa shape index (κ1) is 71.6. The molecule has 9 aromatic rings. The molecule has 0 saturated carbocycles. The van der Waals surface area contributed by atoms with Crippen molar-refractivity contribution in [3.63, 3.8) is 0 Å². The molecule has 0 atom stereocenters. The maximum absolute atomic E-state index is 12.7. The number of hydrogen-bond donors (Lipinski definition) is 0. The van der Waals surface area contributed by atoms with Crippen molar-refractivity contribution < 1.29 is 50.1 Å². The lowest BCUT2D eigenvalue weighted by Gasteiger charge is -2.05. The summed E-state index contributed by atoms with van der Waals surface area (Å²) in [5.41, 5.74) is 0. The van der Waals surface area contributed by atoms with E-state index in [4.69, 9.17) is 86.4 Å². The number of ether oxygens (including phenoxy) is 6. The van der Waals surface area contributed by atoms with Gasteiger partial charge in [-0.05, 0) is 159 Å². The Morgan fingerprint density at radius 2 is 0.805 bits per heavy atom. The van der Waals surface area contributed by atoms with E-state index in [1.165, 1.54) is 50.3 Å². The Kier molecular flexibility index (Phi) is 28.2. The first-order valence-corrected chi connectivity index (χ1v) is 37.6. The molecule has 7 heterocycles. The highest BCUT2D eigenvalue weighted by Crippen LogP contribution is 2.42. The van der Waals surface area contributed by atoms with E-state index < -0.39 is 26.0 Å². The normalized spacial score (nSPS) is 14.4. The number of thiophene rings is 4. The maximum atomic E-state index is 12.7. The van der Waals surface area contributed by atoms with E-state index in [9.17, 15) is 21.6 Å². The molecule has 3 saturated heterocycles. The average molecular weight is 1510 g/mol. The van der Waals surface area contributed by atoms with E-state index in [1.807, 2.05) is 66.7 Å². The number of sulfone groups is 2. The second-order valence-corrected chi connectivity index (χ2v) is 33.6. The first-order chi connectivity index (χ1) is 41.2. The molecule has 5 aromatic carbocycles. The van der Waals surface area contributed by atoms with Crippen molar-refractivity contribution in [1.29, 1.82) is 0 Å². The van der Waals surface area contributed by atoms with Crippen LogP contribution in [-0.2, 0) is 48.1 Å². The topological polar surface area (TPSA) is 141 Å². The Hall–Kier alpha value is -2.79. The average Bonchev–Trinajstić information content (AvgIpc) is 1.97. The van der Waals surface area contributed by atoms with Crippen molar-refractivity contribution in [2.24, 2.45) is 0 Å². The summed E-state index contributed by atoms with van der Waals surface area (Å²) >= 11 is 40.7. The number of aldehydes is 1. The summed E-state index contributed by atoms with van der Waals surface area (Å²) in [5.74, 6) is 0. The number of aryl methyl sites for hydroxylation is 4. The van der Waals surface area contributed by atoms with Crippen molar-refractivity contribution in [2.75, 3.05) is 39.6 Å². The summed E-state index contributed by atoms with van der Waals surface area (Å²) in [6.07, 6.45) is -0.122. The third kappa shape index (κ3) is 20.6. The highest BCUT2D eigenvalue weighted by molar-refractivity contribution is 9.10. The fourth-order valence-electron chi connectivity index (χ4n) is 7.87. The summed E-state index contributed by atoms with van der Waals surface area (Å²) in [7, 11) is -3.86. The van der Waals surface area contributed by atoms with Crippen LogP contribution in [0.1, 0.15) is 70.1 Å². The lowest BCUT2D eigenvalue weighted by atomic mass is 10.4. The zero-order chi connectivity index (χ0) is 61.5. The number of carbonyl (C=O) groups is 1. The molecular formula is C61H56BrCl5O11S9. The van der Waals surface area contributed by atoms with Crippen molar-refractivity contribution in [2.45, 2.75) is 93.2 Å². The van der Waals surface area contributed by atoms with E-state index in [2.05, 4.69) is 48.0 Å². The molecule has 0 unspecified atom stereocenters. The van der Waals surface area contributed by atoms with Crippen LogP contribution in [0.15, 0.2) is 189 Å². The molecule has 26 heteroatoms. The van der Waals surface area contributed by atoms with E-state index in [0.29, 0.717) is 70.6 Å². The highest BCUT2D eigenvalue weighted by Gasteiger charge is 2.28. The minimum atomic E-state index is -3.61. The maximum Gasteiger partial charge on any atom is 0.207 e. The zero-order valence-electron chi connectivity index (χ0n) is 45.8. The zero-order valence-corrected chi connectivity index (χ0v) is 58.6. The Morgan fingerprint density at radius 1 is 0.448 bits per heavy atom. The molecular weight excluding hydrogens is 1450 g/mol. The Morgan fingerprint density at radius 3 is 1.21 bits per heavy atom. The predicted octanol–water partition coefficient (Wildman–Crippen LogP) is 21.1. The monoisotopic (exact) mass is 1510 g/mol. The van der Waals surface area contributed by atoms with E-state index in [1.54, 1.807) is 106 Å². The number of benzene rings is 5. The molecule has 4 aromatic heterocycles. The van der Waals surface area contributed by atoms with Crippen molar-refractivity contribution in [3.8, 4) is 0 Å². The SMILES string of the molecule is C.Cc1sc(C2OCCO2)cc1Br.Cc1sc(C2OCCO2)cc1S(=O)(=O)c1cccc(Cl)c1.Cc1sc(C2OCCO2)cc1Sc1cccc(Cl)c1.Cc1sc(C=O)cc1S(=O)(=O)c1cccc(Cl)c1.Clc1cccc(SSc2cccc(Cl)c2)c1. The fourth-order valence-corrected chi connectivity index (χ4v) is 20.5. The second-order valence-electron chi connectivity index (χ2n) is 18.2. The van der Waals surface area contributed by atoms with Crippen LogP contribution < -0.4 is 0 Å². The lowest BCUT2D eigenvalue weighted by molar-refractivity contribution is -0.0416. The minimum absolute atomic E-state index is 0. The van der Waals surface area contributed by atoms with Crippen LogP contribution in [-0.4, -0.2) is 62.8 Å². The summed E-state index contributed by atoms with van der Waals surface area (Å²) in [4.78, 5) is 23.4. The van der Waals surface area contributed by atoms with Crippen molar-refractivity contribution in [1.82, 2.24) is 0 Å². The van der Waals surface area contributed by atoms with Crippen LogP contribution in [0, 0.1) is 27.7 Å². The number of rotatable bonds is 13. The summed E-state index contributed by atoms with van der Waals surface area (Å²) in [6, 6.07) is 43.1. The van der Waals surface area contributed by atoms with Gasteiger partial charge < -0.3 is 28.4 Å². The van der Waals surface area contributed by atoms with Gasteiger partial charge in [0.2, 0.25) is 19.7 Å². The van der Waals surface area contributed by atoms with Crippen LogP contribution in [0.4, 0.5) is 0 Å². The number of hydrogen-bond acceptors (Lipinski definition) is 18. The van der Waals surface area contributed by atoms with Crippen molar-refractivity contribution >= 4 is 179 Å². The molecule has 0 bridgehead atoms. The molecule has 3 fully saturated rings. The molecule has 3 aliphatic heterocycles. The van der Waals surface area contributed by atoms with Crippen molar-refractivity contribution in [3.05, 3.63) is 214 Å². The van der Waals surface area contributed by atoms with E-state index in [0.717, 1.165) is 60.2 Å². The van der Waals surface area contributed by atoms with Gasteiger partial charge in [-0.1, -0.05) is 129 Å². The molecule has 0 N–H and O–H groups in total. The van der Waals surface area contributed by atoms with Crippen LogP contribution in [0.3, 0.4) is 0 Å². The highest BCUT2D eigenvalue weighted by atomic mass is 79.9. The van der Waals surface area contributed by atoms with Crippen LogP contribution >= 0.6 is 153 Å². The largest absolute Gasteiger partial charge is 0.345 e. The molecule has 0 amide bonds. The second kappa shape index (κ2) is 34.2. The molecule has 0 aliphatic carbocycles. The van der Waals surface area contributed by atoms with E-state index in [-0.39, 0.29) is 39.6 Å².